The van der Waals surface area contributed by atoms with Crippen molar-refractivity contribution in [1.29, 1.82) is 0 Å². The Balaban J connectivity index is 1.05. The van der Waals surface area contributed by atoms with Crippen LogP contribution in [0.1, 0.15) is 5.82 Å². The van der Waals surface area contributed by atoms with Crippen LogP contribution in [-0.4, -0.2) is 24.5 Å². The van der Waals surface area contributed by atoms with E-state index in [1.165, 1.54) is 21.0 Å². The van der Waals surface area contributed by atoms with E-state index < -0.39 is 0 Å². The zero-order chi connectivity index (χ0) is 35.0. The van der Waals surface area contributed by atoms with Crippen molar-refractivity contribution in [2.24, 2.45) is 0 Å². The molecule has 0 bridgehead atoms. The summed E-state index contributed by atoms with van der Waals surface area (Å²) in [5.74, 6) is 1.76. The zero-order valence-corrected chi connectivity index (χ0v) is 29.0. The van der Waals surface area contributed by atoms with Gasteiger partial charge in [-0.2, -0.15) is 0 Å². The summed E-state index contributed by atoms with van der Waals surface area (Å²) in [6, 6.07) is 50.7. The van der Waals surface area contributed by atoms with Crippen molar-refractivity contribution in [1.82, 2.24) is 24.5 Å². The third-order valence-electron chi connectivity index (χ3n) is 9.26. The van der Waals surface area contributed by atoms with Gasteiger partial charge in [-0.05, 0) is 59.7 Å². The molecule has 9 rings (SSSR count). The normalized spacial score (nSPS) is 11.7. The van der Waals surface area contributed by atoms with Crippen LogP contribution in [0.2, 0.25) is 0 Å². The molecule has 52 heavy (non-hydrogen) atoms. The van der Waals surface area contributed by atoms with Crippen LogP contribution in [-0.2, 0) is 0 Å². The molecule has 0 saturated heterocycles. The van der Waals surface area contributed by atoms with Crippen molar-refractivity contribution in [3.05, 3.63) is 183 Å². The number of thiazole rings is 1. The summed E-state index contributed by atoms with van der Waals surface area (Å²) in [7, 11) is 0. The van der Waals surface area contributed by atoms with Crippen molar-refractivity contribution in [3.63, 3.8) is 0 Å². The molecular weight excluding hydrogens is 655 g/mol. The van der Waals surface area contributed by atoms with Gasteiger partial charge in [0.05, 0.1) is 21.3 Å². The van der Waals surface area contributed by atoms with Crippen molar-refractivity contribution < 1.29 is 0 Å². The fourth-order valence-corrected chi connectivity index (χ4v) is 7.67. The summed E-state index contributed by atoms with van der Waals surface area (Å²) in [5, 5.41) is 3.47. The summed E-state index contributed by atoms with van der Waals surface area (Å²) >= 11 is 1.73. The van der Waals surface area contributed by atoms with Crippen molar-refractivity contribution in [2.45, 2.75) is 0 Å². The first kappa shape index (κ1) is 31.2. The van der Waals surface area contributed by atoms with Crippen LogP contribution in [0.3, 0.4) is 0 Å². The molecule has 0 spiro atoms. The predicted molar refractivity (Wildman–Crippen MR) is 217 cm³/mol. The van der Waals surface area contributed by atoms with E-state index in [-0.39, 0.29) is 0 Å². The molecule has 0 amide bonds. The fourth-order valence-electron chi connectivity index (χ4n) is 6.71. The Morgan fingerprint density at radius 1 is 0.538 bits per heavy atom. The topological polar surface area (TPSA) is 56.5 Å². The Bertz CT molecular complexity index is 2780. The number of nitrogens with zero attached hydrogens (tertiary/aromatic N) is 5. The highest BCUT2D eigenvalue weighted by molar-refractivity contribution is 7.21. The van der Waals surface area contributed by atoms with Gasteiger partial charge in [-0.15, -0.1) is 11.3 Å². The second-order valence-electron chi connectivity index (χ2n) is 12.4. The van der Waals surface area contributed by atoms with E-state index in [0.29, 0.717) is 17.5 Å². The SMILES string of the molecule is C=C/C=C(\C=C)c1nc(-c2ccccc2)nc(-c2ccc(-c3ccc(-n4c5ccccc5c5cc(-c6nc7ccccc7s6)ccc54)cc3)cc2)n1. The molecule has 6 heteroatoms. The van der Waals surface area contributed by atoms with Crippen molar-refractivity contribution in [3.8, 4) is 50.2 Å². The summed E-state index contributed by atoms with van der Waals surface area (Å²) in [6.45, 7) is 7.80. The average molecular weight is 686 g/mol. The highest BCUT2D eigenvalue weighted by Gasteiger charge is 2.16. The summed E-state index contributed by atoms with van der Waals surface area (Å²) in [6.07, 6.45) is 5.31. The molecule has 246 valence electrons. The molecule has 0 aliphatic rings. The lowest BCUT2D eigenvalue weighted by molar-refractivity contribution is 1.04. The minimum absolute atomic E-state index is 0.552. The number of hydrogen-bond acceptors (Lipinski definition) is 5. The minimum atomic E-state index is 0.552. The van der Waals surface area contributed by atoms with Crippen LogP contribution < -0.4 is 0 Å². The average Bonchev–Trinajstić information content (AvgIpc) is 3.80. The fraction of sp³-hybridized carbons (Fsp3) is 0. The van der Waals surface area contributed by atoms with Crippen LogP contribution in [0.4, 0.5) is 0 Å². The maximum absolute atomic E-state index is 4.93. The molecular formula is C46H31N5S. The lowest BCUT2D eigenvalue weighted by Crippen LogP contribution is -2.02. The first-order valence-corrected chi connectivity index (χ1v) is 17.9. The molecule has 5 nitrogen and oxygen atoms in total. The molecule has 3 aromatic heterocycles. The molecule has 0 aliphatic heterocycles. The van der Waals surface area contributed by atoms with E-state index >= 15 is 0 Å². The van der Waals surface area contributed by atoms with Crippen molar-refractivity contribution in [2.75, 3.05) is 0 Å². The molecule has 6 aromatic carbocycles. The van der Waals surface area contributed by atoms with Crippen LogP contribution >= 0.6 is 11.3 Å². The molecule has 0 atom stereocenters. The Labute approximate surface area is 305 Å². The van der Waals surface area contributed by atoms with Gasteiger partial charge in [-0.1, -0.05) is 128 Å². The monoisotopic (exact) mass is 685 g/mol. The molecule has 3 heterocycles. The Hall–Kier alpha value is -6.76. The highest BCUT2D eigenvalue weighted by atomic mass is 32.1. The van der Waals surface area contributed by atoms with Gasteiger partial charge in [0.15, 0.2) is 17.5 Å². The van der Waals surface area contributed by atoms with E-state index in [2.05, 4.69) is 127 Å². The molecule has 0 saturated carbocycles. The maximum Gasteiger partial charge on any atom is 0.164 e. The van der Waals surface area contributed by atoms with E-state index in [0.717, 1.165) is 55.1 Å². The van der Waals surface area contributed by atoms with Crippen molar-refractivity contribution >= 4 is 48.9 Å². The minimum Gasteiger partial charge on any atom is -0.309 e. The van der Waals surface area contributed by atoms with Gasteiger partial charge < -0.3 is 4.57 Å². The highest BCUT2D eigenvalue weighted by Crippen LogP contribution is 2.37. The first-order chi connectivity index (χ1) is 25.7. The van der Waals surface area contributed by atoms with Gasteiger partial charge in [0.1, 0.15) is 5.01 Å². The number of allylic oxidation sites excluding steroid dienone is 4. The van der Waals surface area contributed by atoms with E-state index in [4.69, 9.17) is 19.9 Å². The van der Waals surface area contributed by atoms with E-state index in [1.807, 2.05) is 42.5 Å². The molecule has 0 radical (unpaired) electrons. The van der Waals surface area contributed by atoms with Crippen LogP contribution in [0, 0.1) is 0 Å². The number of rotatable bonds is 8. The second kappa shape index (κ2) is 13.2. The number of hydrogen-bond donors (Lipinski definition) is 0. The standard InChI is InChI=1S/C46H31N5S/c1-3-12-30(4-2)43-48-44(33-13-6-5-7-14-33)50-45(49-43)34-21-19-31(20-22-34)32-23-26-36(27-24-32)51-40-17-10-8-15-37(40)38-29-35(25-28-41(38)51)46-47-39-16-9-11-18-42(39)52-46/h3-29H,1-2H2/b30-12+. The van der Waals surface area contributed by atoms with E-state index in [1.54, 1.807) is 23.5 Å². The third-order valence-corrected chi connectivity index (χ3v) is 10.3. The van der Waals surface area contributed by atoms with Crippen LogP contribution in [0.15, 0.2) is 177 Å². The van der Waals surface area contributed by atoms with Gasteiger partial charge >= 0.3 is 0 Å². The zero-order valence-electron chi connectivity index (χ0n) is 28.1. The predicted octanol–water partition coefficient (Wildman–Crippen LogP) is 12.0. The summed E-state index contributed by atoms with van der Waals surface area (Å²) in [4.78, 5) is 19.4. The Morgan fingerprint density at radius 2 is 1.15 bits per heavy atom. The first-order valence-electron chi connectivity index (χ1n) is 17.0. The van der Waals surface area contributed by atoms with Gasteiger partial charge in [0.25, 0.3) is 0 Å². The van der Waals surface area contributed by atoms with E-state index in [9.17, 15) is 0 Å². The molecule has 9 aromatic rings. The number of para-hydroxylation sites is 2. The Morgan fingerprint density at radius 3 is 1.88 bits per heavy atom. The molecule has 0 unspecified atom stereocenters. The number of aromatic nitrogens is 5. The summed E-state index contributed by atoms with van der Waals surface area (Å²) < 4.78 is 3.55. The van der Waals surface area contributed by atoms with Gasteiger partial charge in [0.2, 0.25) is 0 Å². The lowest BCUT2D eigenvalue weighted by atomic mass is 10.0. The number of benzene rings is 6. The molecule has 0 N–H and O–H groups in total. The van der Waals surface area contributed by atoms with Gasteiger partial charge in [0, 0.05) is 38.7 Å². The largest absolute Gasteiger partial charge is 0.309 e. The quantitative estimate of drug-likeness (QED) is 0.149. The van der Waals surface area contributed by atoms with Crippen LogP contribution in [0.25, 0.3) is 87.8 Å². The smallest absolute Gasteiger partial charge is 0.164 e. The number of fused-ring (bicyclic) bond motifs is 4. The molecule has 0 aliphatic carbocycles. The maximum atomic E-state index is 4.93. The van der Waals surface area contributed by atoms with Crippen LogP contribution in [0.5, 0.6) is 0 Å². The third kappa shape index (κ3) is 5.61. The summed E-state index contributed by atoms with van der Waals surface area (Å²) in [5.41, 5.74) is 10.4. The van der Waals surface area contributed by atoms with Gasteiger partial charge in [-0.3, -0.25) is 0 Å². The second-order valence-corrected chi connectivity index (χ2v) is 13.5. The Kier molecular flexibility index (Phi) is 7.91. The lowest BCUT2D eigenvalue weighted by Gasteiger charge is -2.11. The van der Waals surface area contributed by atoms with Gasteiger partial charge in [-0.25, -0.2) is 19.9 Å². The molecule has 0 fully saturated rings.